The number of aryl methyl sites for hydroxylation is 1. The zero-order valence-corrected chi connectivity index (χ0v) is 20.2. The number of carbonyl (C=O) groups is 1. The molecule has 3 rings (SSSR count). The van der Waals surface area contributed by atoms with Crippen LogP contribution in [0.3, 0.4) is 0 Å². The molecular formula is C23H33Cl2N3OS. The second kappa shape index (κ2) is 12.0. The molecule has 1 saturated heterocycles. The van der Waals surface area contributed by atoms with Gasteiger partial charge in [-0.3, -0.25) is 10.1 Å². The lowest BCUT2D eigenvalue weighted by molar-refractivity contribution is 0.0345. The Kier molecular flexibility index (Phi) is 10.7. The fraction of sp³-hybridized carbons (Fsp3) is 0.435. The van der Waals surface area contributed by atoms with Gasteiger partial charge in [0, 0.05) is 25.1 Å². The number of halogens is 2. The number of nitrogens with zero attached hydrogens (tertiary/aromatic N) is 1. The van der Waals surface area contributed by atoms with Crippen molar-refractivity contribution in [2.45, 2.75) is 44.8 Å². The summed E-state index contributed by atoms with van der Waals surface area (Å²) in [4.78, 5) is 15.5. The maximum Gasteiger partial charge on any atom is 0.254 e. The van der Waals surface area contributed by atoms with Gasteiger partial charge in [0.2, 0.25) is 0 Å². The predicted molar refractivity (Wildman–Crippen MR) is 133 cm³/mol. The second-order valence-electron chi connectivity index (χ2n) is 7.76. The van der Waals surface area contributed by atoms with Crippen molar-refractivity contribution in [1.29, 1.82) is 0 Å². The molecule has 7 heteroatoms. The smallest absolute Gasteiger partial charge is 0.254 e. The van der Waals surface area contributed by atoms with Gasteiger partial charge in [-0.15, -0.1) is 24.8 Å². The van der Waals surface area contributed by atoms with Gasteiger partial charge in [0.1, 0.15) is 0 Å². The van der Waals surface area contributed by atoms with Crippen LogP contribution < -0.4 is 11.1 Å². The molecule has 1 amide bonds. The van der Waals surface area contributed by atoms with Crippen molar-refractivity contribution in [3.63, 3.8) is 0 Å². The number of thiol groups is 1. The summed E-state index contributed by atoms with van der Waals surface area (Å²) < 4.78 is 0. The number of hydrogen-bond donors (Lipinski definition) is 3. The number of hydrogen-bond acceptors (Lipinski definition) is 4. The third-order valence-corrected chi connectivity index (χ3v) is 6.16. The Hall–Kier alpha value is -1.24. The van der Waals surface area contributed by atoms with E-state index in [0.717, 1.165) is 35.3 Å². The van der Waals surface area contributed by atoms with Gasteiger partial charge < -0.3 is 10.6 Å². The van der Waals surface area contributed by atoms with Crippen LogP contribution in [0.5, 0.6) is 0 Å². The topological polar surface area (TPSA) is 58.4 Å². The van der Waals surface area contributed by atoms with Crippen LogP contribution in [-0.4, -0.2) is 41.4 Å². The molecule has 30 heavy (non-hydrogen) atoms. The highest BCUT2D eigenvalue weighted by atomic mass is 35.5. The van der Waals surface area contributed by atoms with Crippen molar-refractivity contribution in [2.75, 3.05) is 18.8 Å². The van der Waals surface area contributed by atoms with Crippen molar-refractivity contribution in [1.82, 2.24) is 10.2 Å². The van der Waals surface area contributed by atoms with Crippen LogP contribution in [0.1, 0.15) is 39.9 Å². The summed E-state index contributed by atoms with van der Waals surface area (Å²) in [7, 11) is 0. The van der Waals surface area contributed by atoms with Gasteiger partial charge >= 0.3 is 0 Å². The van der Waals surface area contributed by atoms with Crippen LogP contribution in [0, 0.1) is 13.8 Å². The molecule has 0 aliphatic carbocycles. The summed E-state index contributed by atoms with van der Waals surface area (Å²) in [6.45, 7) is 5.42. The van der Waals surface area contributed by atoms with Crippen molar-refractivity contribution in [3.8, 4) is 0 Å². The molecule has 2 aromatic rings. The summed E-state index contributed by atoms with van der Waals surface area (Å²) in [5.41, 5.74) is 10.4. The minimum absolute atomic E-state index is 0. The maximum absolute atomic E-state index is 13.5. The minimum Gasteiger partial charge on any atom is -0.331 e. The van der Waals surface area contributed by atoms with Gasteiger partial charge in [-0.25, -0.2) is 0 Å². The van der Waals surface area contributed by atoms with E-state index in [1.165, 1.54) is 5.56 Å². The van der Waals surface area contributed by atoms with E-state index in [0.29, 0.717) is 19.5 Å². The Bertz CT molecular complexity index is 821. The number of nitrogens with one attached hydrogen (secondary N) is 1. The monoisotopic (exact) mass is 469 g/mol. The Balaban J connectivity index is 0.00000225. The standard InChI is InChI=1S/C23H31N3OS.2ClH/c1-17-8-6-11-20(18(17)2)22(27)26-14-13-25-23(24,21(26)12-7-15-28)16-19-9-4-3-5-10-19;;/h3-6,8-11,21,25,28H,7,12-16,24H2,1-2H3;2*1H/t21?,23-;;/m0../s1. The molecule has 0 saturated carbocycles. The number of nitrogens with two attached hydrogens (primary N) is 1. The molecule has 1 unspecified atom stereocenters. The zero-order chi connectivity index (χ0) is 20.1. The second-order valence-corrected chi connectivity index (χ2v) is 8.20. The van der Waals surface area contributed by atoms with Gasteiger partial charge in [-0.05, 0) is 55.2 Å². The fourth-order valence-electron chi connectivity index (χ4n) is 4.15. The van der Waals surface area contributed by atoms with Crippen molar-refractivity contribution >= 4 is 43.4 Å². The van der Waals surface area contributed by atoms with Gasteiger partial charge in [0.15, 0.2) is 0 Å². The van der Waals surface area contributed by atoms with E-state index in [1.807, 2.05) is 55.1 Å². The fourth-order valence-corrected chi connectivity index (χ4v) is 4.34. The lowest BCUT2D eigenvalue weighted by Gasteiger charge is -2.49. The summed E-state index contributed by atoms with van der Waals surface area (Å²) in [6, 6.07) is 16.1. The van der Waals surface area contributed by atoms with Crippen LogP contribution in [0.15, 0.2) is 48.5 Å². The molecule has 1 aliphatic heterocycles. The zero-order valence-electron chi connectivity index (χ0n) is 17.6. The van der Waals surface area contributed by atoms with Crippen LogP contribution in [-0.2, 0) is 6.42 Å². The molecule has 3 N–H and O–H groups in total. The molecular weight excluding hydrogens is 437 g/mol. The first-order valence-corrected chi connectivity index (χ1v) is 10.7. The lowest BCUT2D eigenvalue weighted by atomic mass is 9.86. The summed E-state index contributed by atoms with van der Waals surface area (Å²) >= 11 is 4.39. The van der Waals surface area contributed by atoms with Crippen LogP contribution in [0.4, 0.5) is 0 Å². The predicted octanol–water partition coefficient (Wildman–Crippen LogP) is 4.17. The normalized spacial score (nSPS) is 20.8. The number of benzene rings is 2. The Morgan fingerprint density at radius 2 is 1.87 bits per heavy atom. The number of carbonyl (C=O) groups excluding carboxylic acids is 1. The van der Waals surface area contributed by atoms with Gasteiger partial charge in [-0.2, -0.15) is 12.6 Å². The Morgan fingerprint density at radius 3 is 2.53 bits per heavy atom. The average molecular weight is 471 g/mol. The minimum atomic E-state index is -0.657. The van der Waals surface area contributed by atoms with Crippen molar-refractivity contribution in [2.24, 2.45) is 5.73 Å². The average Bonchev–Trinajstić information content (AvgIpc) is 2.69. The molecule has 0 radical (unpaired) electrons. The highest BCUT2D eigenvalue weighted by Gasteiger charge is 2.43. The Morgan fingerprint density at radius 1 is 1.17 bits per heavy atom. The molecule has 1 fully saturated rings. The first-order chi connectivity index (χ1) is 13.5. The van der Waals surface area contributed by atoms with Crippen LogP contribution in [0.25, 0.3) is 0 Å². The van der Waals surface area contributed by atoms with E-state index in [4.69, 9.17) is 5.73 Å². The summed E-state index contributed by atoms with van der Waals surface area (Å²) in [6.07, 6.45) is 2.43. The highest BCUT2D eigenvalue weighted by molar-refractivity contribution is 7.80. The molecule has 0 aromatic heterocycles. The number of rotatable bonds is 6. The molecule has 2 atom stereocenters. The largest absolute Gasteiger partial charge is 0.331 e. The third-order valence-electron chi connectivity index (χ3n) is 5.85. The molecule has 2 aromatic carbocycles. The van der Waals surface area contributed by atoms with E-state index in [-0.39, 0.29) is 36.8 Å². The first kappa shape index (κ1) is 26.8. The molecule has 4 nitrogen and oxygen atoms in total. The molecule has 1 aliphatic rings. The SMILES string of the molecule is Cc1cccc(C(=O)N2CCN[C@@](N)(Cc3ccccc3)C2CCCS)c1C.Cl.Cl. The van der Waals surface area contributed by atoms with Gasteiger partial charge in [-0.1, -0.05) is 42.5 Å². The summed E-state index contributed by atoms with van der Waals surface area (Å²) in [5.74, 6) is 0.860. The van der Waals surface area contributed by atoms with E-state index in [1.54, 1.807) is 0 Å². The molecule has 0 spiro atoms. The van der Waals surface area contributed by atoms with Crippen molar-refractivity contribution in [3.05, 3.63) is 70.8 Å². The Labute approximate surface area is 198 Å². The number of amides is 1. The van der Waals surface area contributed by atoms with E-state index in [9.17, 15) is 4.79 Å². The molecule has 1 heterocycles. The van der Waals surface area contributed by atoms with Crippen LogP contribution >= 0.6 is 37.4 Å². The van der Waals surface area contributed by atoms with Gasteiger partial charge in [0.05, 0.1) is 11.7 Å². The lowest BCUT2D eigenvalue weighted by Crippen LogP contribution is -2.73. The quantitative estimate of drug-likeness (QED) is 0.556. The maximum atomic E-state index is 13.5. The van der Waals surface area contributed by atoms with Crippen LogP contribution in [0.2, 0.25) is 0 Å². The van der Waals surface area contributed by atoms with Crippen molar-refractivity contribution < 1.29 is 4.79 Å². The molecule has 0 bridgehead atoms. The third kappa shape index (κ3) is 5.92. The number of piperazine rings is 1. The van der Waals surface area contributed by atoms with E-state index < -0.39 is 5.66 Å². The molecule has 166 valence electrons. The summed E-state index contributed by atoms with van der Waals surface area (Å²) in [5, 5.41) is 3.52. The van der Waals surface area contributed by atoms with E-state index in [2.05, 4.69) is 30.1 Å². The highest BCUT2D eigenvalue weighted by Crippen LogP contribution is 2.27. The van der Waals surface area contributed by atoms with E-state index >= 15 is 0 Å². The van der Waals surface area contributed by atoms with Gasteiger partial charge in [0.25, 0.3) is 5.91 Å². The first-order valence-electron chi connectivity index (χ1n) is 10.0.